The third kappa shape index (κ3) is 2.74. The number of rotatable bonds is 4. The maximum absolute atomic E-state index is 11.1. The summed E-state index contributed by atoms with van der Waals surface area (Å²) in [5.41, 5.74) is 0.970. The van der Waals surface area contributed by atoms with Crippen molar-refractivity contribution >= 4 is 5.91 Å². The van der Waals surface area contributed by atoms with E-state index in [0.29, 0.717) is 6.42 Å². The topological polar surface area (TPSA) is 57.8 Å². The minimum Gasteiger partial charge on any atom is -0.349 e. The number of hydrogen-bond acceptors (Lipinski definition) is 2. The summed E-state index contributed by atoms with van der Waals surface area (Å²) in [6.45, 7) is 5.40. The fourth-order valence-electron chi connectivity index (χ4n) is 1.01. The normalized spacial score (nSPS) is 12.1. The third-order valence-electron chi connectivity index (χ3n) is 1.73. The highest BCUT2D eigenvalue weighted by Gasteiger charge is 2.08. The molecule has 70 valence electrons. The maximum atomic E-state index is 11.1. The lowest BCUT2D eigenvalue weighted by Gasteiger charge is -2.10. The van der Waals surface area contributed by atoms with E-state index in [-0.39, 0.29) is 11.9 Å². The molecule has 1 aromatic rings. The van der Waals surface area contributed by atoms with Crippen LogP contribution in [0.5, 0.6) is 0 Å². The molecule has 0 aromatic carbocycles. The van der Waals surface area contributed by atoms with Crippen molar-refractivity contribution in [3.05, 3.63) is 30.6 Å². The minimum absolute atomic E-state index is 0.00815. The zero-order valence-electron chi connectivity index (χ0n) is 7.58. The van der Waals surface area contributed by atoms with Gasteiger partial charge in [0.2, 0.25) is 5.91 Å². The summed E-state index contributed by atoms with van der Waals surface area (Å²) in [6.07, 6.45) is 5.39. The zero-order valence-corrected chi connectivity index (χ0v) is 7.58. The van der Waals surface area contributed by atoms with E-state index >= 15 is 0 Å². The molecule has 1 aromatic heterocycles. The van der Waals surface area contributed by atoms with Crippen molar-refractivity contribution < 1.29 is 4.79 Å². The largest absolute Gasteiger partial charge is 0.349 e. The Kier molecular flexibility index (Phi) is 3.25. The van der Waals surface area contributed by atoms with Crippen LogP contribution >= 0.6 is 0 Å². The second-order valence-corrected chi connectivity index (χ2v) is 2.81. The first kappa shape index (κ1) is 9.51. The lowest BCUT2D eigenvalue weighted by molar-refractivity contribution is -0.120. The molecular weight excluding hydrogens is 166 g/mol. The van der Waals surface area contributed by atoms with E-state index in [1.165, 1.54) is 0 Å². The van der Waals surface area contributed by atoms with Crippen molar-refractivity contribution in [3.8, 4) is 0 Å². The molecule has 1 unspecified atom stereocenters. The molecule has 2 N–H and O–H groups in total. The van der Waals surface area contributed by atoms with Crippen molar-refractivity contribution in [2.24, 2.45) is 0 Å². The minimum atomic E-state index is -0.0244. The zero-order chi connectivity index (χ0) is 9.68. The van der Waals surface area contributed by atoms with Crippen LogP contribution in [-0.4, -0.2) is 16.1 Å². The SMILES string of the molecule is C=CCC(=O)NC(C)c1cn[nH]c1. The van der Waals surface area contributed by atoms with Crippen LogP contribution in [0, 0.1) is 0 Å². The predicted octanol–water partition coefficient (Wildman–Crippen LogP) is 1.16. The Morgan fingerprint density at radius 3 is 3.23 bits per heavy atom. The lowest BCUT2D eigenvalue weighted by Crippen LogP contribution is -2.25. The van der Waals surface area contributed by atoms with Crippen molar-refractivity contribution in [3.63, 3.8) is 0 Å². The predicted molar refractivity (Wildman–Crippen MR) is 50.0 cm³/mol. The van der Waals surface area contributed by atoms with Gasteiger partial charge in [-0.3, -0.25) is 9.89 Å². The molecule has 0 aliphatic rings. The molecule has 13 heavy (non-hydrogen) atoms. The fraction of sp³-hybridized carbons (Fsp3) is 0.333. The number of hydrogen-bond donors (Lipinski definition) is 2. The summed E-state index contributed by atoms with van der Waals surface area (Å²) in [7, 11) is 0. The van der Waals surface area contributed by atoms with Gasteiger partial charge in [0.1, 0.15) is 0 Å². The van der Waals surface area contributed by atoms with Crippen molar-refractivity contribution in [2.75, 3.05) is 0 Å². The van der Waals surface area contributed by atoms with Gasteiger partial charge in [-0.2, -0.15) is 5.10 Å². The Labute approximate surface area is 77.0 Å². The van der Waals surface area contributed by atoms with E-state index in [2.05, 4.69) is 22.1 Å². The van der Waals surface area contributed by atoms with Crippen LogP contribution in [0.25, 0.3) is 0 Å². The summed E-state index contributed by atoms with van der Waals surface area (Å²) in [5, 5.41) is 9.31. The fourth-order valence-corrected chi connectivity index (χ4v) is 1.01. The molecule has 0 spiro atoms. The molecular formula is C9H13N3O. The molecule has 4 heteroatoms. The Morgan fingerprint density at radius 2 is 2.69 bits per heavy atom. The molecule has 1 heterocycles. The Bertz CT molecular complexity index is 279. The molecule has 0 bridgehead atoms. The molecule has 0 aliphatic carbocycles. The number of carbonyl (C=O) groups excluding carboxylic acids is 1. The molecule has 1 rings (SSSR count). The van der Waals surface area contributed by atoms with E-state index < -0.39 is 0 Å². The van der Waals surface area contributed by atoms with Gasteiger partial charge in [0.25, 0.3) is 0 Å². The van der Waals surface area contributed by atoms with Gasteiger partial charge < -0.3 is 5.32 Å². The summed E-state index contributed by atoms with van der Waals surface area (Å²) in [5.74, 6) is -0.0244. The molecule has 0 fully saturated rings. The molecule has 1 atom stereocenters. The van der Waals surface area contributed by atoms with E-state index in [0.717, 1.165) is 5.56 Å². The summed E-state index contributed by atoms with van der Waals surface area (Å²) >= 11 is 0. The number of nitrogens with zero attached hydrogens (tertiary/aromatic N) is 1. The van der Waals surface area contributed by atoms with Crippen LogP contribution in [0.15, 0.2) is 25.0 Å². The van der Waals surface area contributed by atoms with Gasteiger partial charge in [-0.1, -0.05) is 6.08 Å². The molecule has 4 nitrogen and oxygen atoms in total. The van der Waals surface area contributed by atoms with Gasteiger partial charge in [-0.15, -0.1) is 6.58 Å². The second-order valence-electron chi connectivity index (χ2n) is 2.81. The number of nitrogens with one attached hydrogen (secondary N) is 2. The Morgan fingerprint density at radius 1 is 1.92 bits per heavy atom. The average molecular weight is 179 g/mol. The molecule has 1 amide bonds. The monoisotopic (exact) mass is 179 g/mol. The maximum Gasteiger partial charge on any atom is 0.224 e. The Balaban J connectivity index is 2.46. The first-order chi connectivity index (χ1) is 6.24. The van der Waals surface area contributed by atoms with E-state index in [4.69, 9.17) is 0 Å². The first-order valence-electron chi connectivity index (χ1n) is 4.13. The van der Waals surface area contributed by atoms with Crippen LogP contribution in [0.4, 0.5) is 0 Å². The number of amides is 1. The average Bonchev–Trinajstić information content (AvgIpc) is 2.55. The molecule has 0 saturated heterocycles. The quantitative estimate of drug-likeness (QED) is 0.681. The van der Waals surface area contributed by atoms with E-state index in [1.54, 1.807) is 18.5 Å². The van der Waals surface area contributed by atoms with Crippen LogP contribution < -0.4 is 5.32 Å². The summed E-state index contributed by atoms with van der Waals surface area (Å²) < 4.78 is 0. The smallest absolute Gasteiger partial charge is 0.224 e. The number of aromatic amines is 1. The molecule has 0 saturated carbocycles. The molecule has 0 aliphatic heterocycles. The van der Waals surface area contributed by atoms with Crippen LogP contribution in [0.2, 0.25) is 0 Å². The van der Waals surface area contributed by atoms with Crippen molar-refractivity contribution in [2.45, 2.75) is 19.4 Å². The highest BCUT2D eigenvalue weighted by Crippen LogP contribution is 2.08. The lowest BCUT2D eigenvalue weighted by atomic mass is 10.2. The van der Waals surface area contributed by atoms with E-state index in [1.807, 2.05) is 6.92 Å². The van der Waals surface area contributed by atoms with Gasteiger partial charge in [0, 0.05) is 18.2 Å². The van der Waals surface area contributed by atoms with Gasteiger partial charge in [0.15, 0.2) is 0 Å². The number of aromatic nitrogens is 2. The van der Waals surface area contributed by atoms with Crippen LogP contribution in [0.3, 0.4) is 0 Å². The van der Waals surface area contributed by atoms with Crippen LogP contribution in [0.1, 0.15) is 24.9 Å². The van der Waals surface area contributed by atoms with Gasteiger partial charge in [-0.25, -0.2) is 0 Å². The van der Waals surface area contributed by atoms with Gasteiger partial charge in [-0.05, 0) is 6.92 Å². The first-order valence-corrected chi connectivity index (χ1v) is 4.13. The number of H-pyrrole nitrogens is 1. The number of carbonyl (C=O) groups is 1. The third-order valence-corrected chi connectivity index (χ3v) is 1.73. The van der Waals surface area contributed by atoms with Gasteiger partial charge >= 0.3 is 0 Å². The highest BCUT2D eigenvalue weighted by atomic mass is 16.1. The highest BCUT2D eigenvalue weighted by molar-refractivity contribution is 5.77. The molecule has 0 radical (unpaired) electrons. The van der Waals surface area contributed by atoms with Crippen molar-refractivity contribution in [1.29, 1.82) is 0 Å². The summed E-state index contributed by atoms with van der Waals surface area (Å²) in [6, 6.07) is -0.00815. The summed E-state index contributed by atoms with van der Waals surface area (Å²) in [4.78, 5) is 11.1. The van der Waals surface area contributed by atoms with E-state index in [9.17, 15) is 4.79 Å². The standard InChI is InChI=1S/C9H13N3O/c1-3-4-9(13)12-7(2)8-5-10-11-6-8/h3,5-7H,1,4H2,2H3,(H,10,11)(H,12,13). The van der Waals surface area contributed by atoms with Crippen LogP contribution in [-0.2, 0) is 4.79 Å². The van der Waals surface area contributed by atoms with Gasteiger partial charge in [0.05, 0.1) is 12.2 Å². The van der Waals surface area contributed by atoms with Crippen molar-refractivity contribution in [1.82, 2.24) is 15.5 Å². The second kappa shape index (κ2) is 4.45. The Hall–Kier alpha value is -1.58.